The van der Waals surface area contributed by atoms with E-state index in [2.05, 4.69) is 30.3 Å². The number of nitrogens with two attached hydrogens (primary N) is 1. The molecule has 0 amide bonds. The molecule has 0 bridgehead atoms. The van der Waals surface area contributed by atoms with E-state index in [1.54, 1.807) is 0 Å². The third-order valence-electron chi connectivity index (χ3n) is 2.52. The Bertz CT molecular complexity index is 300. The summed E-state index contributed by atoms with van der Waals surface area (Å²) in [4.78, 5) is 4.61. The summed E-state index contributed by atoms with van der Waals surface area (Å²) in [6.45, 7) is 9.32. The number of rotatable bonds is 4. The largest absolute Gasteiger partial charge is 0.331 e. The first-order valence-electron chi connectivity index (χ1n) is 5.40. The minimum absolute atomic E-state index is 0.193. The lowest BCUT2D eigenvalue weighted by Gasteiger charge is -2.11. The molecule has 0 saturated heterocycles. The summed E-state index contributed by atoms with van der Waals surface area (Å²) < 4.78 is 2.25. The fraction of sp³-hybridized carbons (Fsp3) is 0.727. The fourth-order valence-corrected chi connectivity index (χ4v) is 1.78. The smallest absolute Gasteiger partial charge is 0.108 e. The van der Waals surface area contributed by atoms with Crippen LogP contribution in [0.25, 0.3) is 0 Å². The highest BCUT2D eigenvalue weighted by molar-refractivity contribution is 5.16. The van der Waals surface area contributed by atoms with Gasteiger partial charge in [-0.05, 0) is 20.3 Å². The first-order valence-corrected chi connectivity index (χ1v) is 5.40. The third-order valence-corrected chi connectivity index (χ3v) is 2.52. The van der Waals surface area contributed by atoms with E-state index in [4.69, 9.17) is 5.73 Å². The Kier molecular flexibility index (Phi) is 3.69. The van der Waals surface area contributed by atoms with E-state index in [0.29, 0.717) is 0 Å². The van der Waals surface area contributed by atoms with E-state index in [9.17, 15) is 0 Å². The average molecular weight is 195 g/mol. The Morgan fingerprint density at radius 3 is 2.43 bits per heavy atom. The van der Waals surface area contributed by atoms with Crippen molar-refractivity contribution in [3.05, 3.63) is 17.2 Å². The number of aromatic nitrogens is 2. The van der Waals surface area contributed by atoms with Gasteiger partial charge < -0.3 is 10.3 Å². The summed E-state index contributed by atoms with van der Waals surface area (Å²) in [5.41, 5.74) is 8.31. The van der Waals surface area contributed by atoms with Crippen LogP contribution in [0.2, 0.25) is 0 Å². The minimum Gasteiger partial charge on any atom is -0.331 e. The molecule has 1 rings (SSSR count). The van der Waals surface area contributed by atoms with Gasteiger partial charge in [-0.15, -0.1) is 0 Å². The molecule has 0 aliphatic carbocycles. The van der Waals surface area contributed by atoms with Gasteiger partial charge in [0.2, 0.25) is 0 Å². The molecule has 3 heteroatoms. The van der Waals surface area contributed by atoms with Crippen LogP contribution in [0, 0.1) is 6.92 Å². The summed E-state index contributed by atoms with van der Waals surface area (Å²) in [5.74, 6) is 1.16. The molecule has 0 fully saturated rings. The highest BCUT2D eigenvalue weighted by Crippen LogP contribution is 2.12. The molecular weight excluding hydrogens is 174 g/mol. The van der Waals surface area contributed by atoms with Crippen LogP contribution >= 0.6 is 0 Å². The zero-order valence-corrected chi connectivity index (χ0v) is 9.67. The SMILES string of the molecule is CCc1nc(CC)n(CC(C)N)c1C. The molecule has 0 radical (unpaired) electrons. The van der Waals surface area contributed by atoms with Crippen molar-refractivity contribution >= 4 is 0 Å². The first-order chi connectivity index (χ1) is 6.60. The van der Waals surface area contributed by atoms with Crippen LogP contribution in [0.5, 0.6) is 0 Å². The summed E-state index contributed by atoms with van der Waals surface area (Å²) >= 11 is 0. The summed E-state index contributed by atoms with van der Waals surface area (Å²) in [6.07, 6.45) is 1.98. The third kappa shape index (κ3) is 2.15. The number of imidazole rings is 1. The van der Waals surface area contributed by atoms with Crippen LogP contribution in [0.4, 0.5) is 0 Å². The number of aryl methyl sites for hydroxylation is 2. The molecule has 14 heavy (non-hydrogen) atoms. The zero-order valence-electron chi connectivity index (χ0n) is 9.67. The lowest BCUT2D eigenvalue weighted by molar-refractivity contribution is 0.559. The van der Waals surface area contributed by atoms with E-state index in [1.807, 2.05) is 6.92 Å². The molecule has 1 aromatic rings. The van der Waals surface area contributed by atoms with Crippen LogP contribution in [0.1, 0.15) is 38.0 Å². The van der Waals surface area contributed by atoms with Gasteiger partial charge in [-0.2, -0.15) is 0 Å². The standard InChI is InChI=1S/C11H21N3/c1-5-10-9(4)14(7-8(3)12)11(6-2)13-10/h8H,5-7,12H2,1-4H3. The number of hydrogen-bond donors (Lipinski definition) is 1. The van der Waals surface area contributed by atoms with Crippen LogP contribution in [0.15, 0.2) is 0 Å². The van der Waals surface area contributed by atoms with E-state index >= 15 is 0 Å². The van der Waals surface area contributed by atoms with Gasteiger partial charge in [-0.25, -0.2) is 4.98 Å². The average Bonchev–Trinajstić information content (AvgIpc) is 2.43. The molecule has 80 valence electrons. The van der Waals surface area contributed by atoms with Gasteiger partial charge in [0, 0.05) is 24.7 Å². The predicted molar refractivity (Wildman–Crippen MR) is 59.4 cm³/mol. The number of hydrogen-bond acceptors (Lipinski definition) is 2. The molecule has 0 aliphatic rings. The van der Waals surface area contributed by atoms with E-state index in [0.717, 1.165) is 25.2 Å². The Labute approximate surface area is 86.3 Å². The van der Waals surface area contributed by atoms with Crippen molar-refractivity contribution in [2.24, 2.45) is 5.73 Å². The van der Waals surface area contributed by atoms with Crippen molar-refractivity contribution in [1.29, 1.82) is 0 Å². The normalized spacial score (nSPS) is 13.2. The molecular formula is C11H21N3. The lowest BCUT2D eigenvalue weighted by atomic mass is 10.2. The minimum atomic E-state index is 0.193. The highest BCUT2D eigenvalue weighted by atomic mass is 15.1. The Hall–Kier alpha value is -0.830. The summed E-state index contributed by atoms with van der Waals surface area (Å²) in [6, 6.07) is 0.193. The first kappa shape index (κ1) is 11.2. The predicted octanol–water partition coefficient (Wildman–Crippen LogP) is 1.66. The van der Waals surface area contributed by atoms with Gasteiger partial charge in [0.1, 0.15) is 5.82 Å². The van der Waals surface area contributed by atoms with Crippen molar-refractivity contribution in [3.63, 3.8) is 0 Å². The van der Waals surface area contributed by atoms with Gasteiger partial charge in [-0.1, -0.05) is 13.8 Å². The Morgan fingerprint density at radius 2 is 2.00 bits per heavy atom. The summed E-state index contributed by atoms with van der Waals surface area (Å²) in [5, 5.41) is 0. The second kappa shape index (κ2) is 4.60. The molecule has 1 unspecified atom stereocenters. The van der Waals surface area contributed by atoms with Crippen LogP contribution < -0.4 is 5.73 Å². The molecule has 0 spiro atoms. The second-order valence-electron chi connectivity index (χ2n) is 3.86. The fourth-order valence-electron chi connectivity index (χ4n) is 1.78. The maximum absolute atomic E-state index is 5.82. The van der Waals surface area contributed by atoms with Crippen molar-refractivity contribution in [1.82, 2.24) is 9.55 Å². The van der Waals surface area contributed by atoms with Crippen LogP contribution in [-0.2, 0) is 19.4 Å². The van der Waals surface area contributed by atoms with Crippen molar-refractivity contribution < 1.29 is 0 Å². The molecule has 3 nitrogen and oxygen atoms in total. The maximum atomic E-state index is 5.82. The van der Waals surface area contributed by atoms with Gasteiger partial charge in [0.25, 0.3) is 0 Å². The quantitative estimate of drug-likeness (QED) is 0.794. The molecule has 0 aliphatic heterocycles. The van der Waals surface area contributed by atoms with Gasteiger partial charge >= 0.3 is 0 Å². The Morgan fingerprint density at radius 1 is 1.36 bits per heavy atom. The highest BCUT2D eigenvalue weighted by Gasteiger charge is 2.11. The van der Waals surface area contributed by atoms with Gasteiger partial charge in [0.15, 0.2) is 0 Å². The van der Waals surface area contributed by atoms with Gasteiger partial charge in [-0.3, -0.25) is 0 Å². The maximum Gasteiger partial charge on any atom is 0.108 e. The topological polar surface area (TPSA) is 43.8 Å². The molecule has 1 heterocycles. The summed E-state index contributed by atoms with van der Waals surface area (Å²) in [7, 11) is 0. The molecule has 0 saturated carbocycles. The molecule has 1 atom stereocenters. The lowest BCUT2D eigenvalue weighted by Crippen LogP contribution is -2.24. The van der Waals surface area contributed by atoms with Crippen LogP contribution in [0.3, 0.4) is 0 Å². The van der Waals surface area contributed by atoms with E-state index in [-0.39, 0.29) is 6.04 Å². The zero-order chi connectivity index (χ0) is 10.7. The van der Waals surface area contributed by atoms with Crippen LogP contribution in [-0.4, -0.2) is 15.6 Å². The van der Waals surface area contributed by atoms with Crippen molar-refractivity contribution in [2.75, 3.05) is 0 Å². The number of nitrogens with zero attached hydrogens (tertiary/aromatic N) is 2. The second-order valence-corrected chi connectivity index (χ2v) is 3.86. The monoisotopic (exact) mass is 195 g/mol. The van der Waals surface area contributed by atoms with E-state index in [1.165, 1.54) is 11.4 Å². The molecule has 2 N–H and O–H groups in total. The molecule has 0 aromatic carbocycles. The van der Waals surface area contributed by atoms with Gasteiger partial charge in [0.05, 0.1) is 5.69 Å². The van der Waals surface area contributed by atoms with E-state index < -0.39 is 0 Å². The molecule has 1 aromatic heterocycles. The van der Waals surface area contributed by atoms with Crippen molar-refractivity contribution in [3.8, 4) is 0 Å². The Balaban J connectivity index is 3.04. The van der Waals surface area contributed by atoms with Crippen molar-refractivity contribution in [2.45, 2.75) is 53.1 Å².